The van der Waals surface area contributed by atoms with Gasteiger partial charge in [-0.3, -0.25) is 0 Å². The lowest BCUT2D eigenvalue weighted by atomic mass is 10.1. The molecule has 0 radical (unpaired) electrons. The Morgan fingerprint density at radius 2 is 2.29 bits per heavy atom. The van der Waals surface area contributed by atoms with E-state index in [1.54, 1.807) is 18.2 Å². The average molecular weight is 186 g/mol. The number of nitriles is 1. The Bertz CT molecular complexity index is 548. The maximum atomic E-state index is 10.4. The molecular formula is C10H8N3O+. The van der Waals surface area contributed by atoms with Gasteiger partial charge < -0.3 is 4.98 Å². The molecule has 1 aromatic carbocycles. The van der Waals surface area contributed by atoms with Crippen LogP contribution in [-0.2, 0) is 0 Å². The number of nitroso groups, excluding NO2 is 1. The van der Waals surface area contributed by atoms with Crippen LogP contribution < -0.4 is 5.18 Å². The molecule has 0 bridgehead atoms. The number of aryl methyl sites for hydroxylation is 1. The lowest BCUT2D eigenvalue weighted by Gasteiger charge is -1.86. The highest BCUT2D eigenvalue weighted by Gasteiger charge is 2.09. The first kappa shape index (κ1) is 8.45. The van der Waals surface area contributed by atoms with Gasteiger partial charge in [-0.2, -0.15) is 5.26 Å². The summed E-state index contributed by atoms with van der Waals surface area (Å²) in [5.74, 6) is 0. The maximum Gasteiger partial charge on any atom is 0.255 e. The molecule has 14 heavy (non-hydrogen) atoms. The normalized spacial score (nSPS) is 10.0. The number of hydrogen-bond acceptors (Lipinski definition) is 2. The molecule has 0 spiro atoms. The molecule has 0 atom stereocenters. The Balaban J connectivity index is 2.82. The van der Waals surface area contributed by atoms with Crippen molar-refractivity contribution in [1.82, 2.24) is 4.98 Å². The molecule has 0 saturated carbocycles. The number of aromatic amines is 1. The fraction of sp³-hybridized carbons (Fsp3) is 0.100. The fourth-order valence-corrected chi connectivity index (χ4v) is 1.54. The van der Waals surface area contributed by atoms with E-state index in [4.69, 9.17) is 5.26 Å². The van der Waals surface area contributed by atoms with Crippen molar-refractivity contribution < 1.29 is 5.18 Å². The summed E-state index contributed by atoms with van der Waals surface area (Å²) in [6, 6.07) is 7.23. The molecule has 0 aliphatic heterocycles. The predicted molar refractivity (Wildman–Crippen MR) is 51.7 cm³/mol. The minimum Gasteiger partial charge on any atom is -0.357 e. The van der Waals surface area contributed by atoms with Crippen LogP contribution in [0.25, 0.3) is 10.9 Å². The van der Waals surface area contributed by atoms with Crippen LogP contribution in [0.1, 0.15) is 11.3 Å². The highest BCUT2D eigenvalue weighted by atomic mass is 16.3. The largest absolute Gasteiger partial charge is 0.357 e. The van der Waals surface area contributed by atoms with Gasteiger partial charge in [0.2, 0.25) is 0 Å². The lowest BCUT2D eigenvalue weighted by Crippen LogP contribution is -2.55. The van der Waals surface area contributed by atoms with Gasteiger partial charge in [-0.15, -0.1) is 0 Å². The highest BCUT2D eigenvalue weighted by molar-refractivity contribution is 5.88. The molecule has 1 heterocycles. The van der Waals surface area contributed by atoms with Crippen LogP contribution in [0.2, 0.25) is 0 Å². The second kappa shape index (κ2) is 2.96. The molecule has 0 aliphatic carbocycles. The third kappa shape index (κ3) is 1.07. The molecule has 0 amide bonds. The Morgan fingerprint density at radius 1 is 1.50 bits per heavy atom. The van der Waals surface area contributed by atoms with Crippen LogP contribution in [0.5, 0.6) is 0 Å². The van der Waals surface area contributed by atoms with Crippen molar-refractivity contribution >= 4 is 16.6 Å². The standard InChI is InChI=1S/C10H7N3O/c1-6-9(5-11)8-3-2-7(13-14)4-10(8)12-6/h2-4,12H,1H3/p+1. The van der Waals surface area contributed by atoms with E-state index in [0.29, 0.717) is 11.3 Å². The van der Waals surface area contributed by atoms with E-state index in [1.165, 1.54) is 0 Å². The number of hydrogen-bond donors (Lipinski definition) is 2. The quantitative estimate of drug-likeness (QED) is 0.692. The van der Waals surface area contributed by atoms with Crippen molar-refractivity contribution in [1.29, 1.82) is 5.26 Å². The highest BCUT2D eigenvalue weighted by Crippen LogP contribution is 2.22. The van der Waals surface area contributed by atoms with Crippen LogP contribution in [-0.4, -0.2) is 4.98 Å². The predicted octanol–water partition coefficient (Wildman–Crippen LogP) is 0.827. The summed E-state index contributed by atoms with van der Waals surface area (Å²) in [5.41, 5.74) is 2.76. The van der Waals surface area contributed by atoms with E-state index in [-0.39, 0.29) is 0 Å². The Hall–Kier alpha value is -2.15. The fourth-order valence-electron chi connectivity index (χ4n) is 1.54. The van der Waals surface area contributed by atoms with Crippen LogP contribution in [0, 0.1) is 23.2 Å². The summed E-state index contributed by atoms with van der Waals surface area (Å²) in [6.45, 7) is 1.84. The van der Waals surface area contributed by atoms with Crippen LogP contribution in [0.15, 0.2) is 18.2 Å². The molecule has 0 unspecified atom stereocenters. The summed E-state index contributed by atoms with van der Waals surface area (Å²) >= 11 is 0. The molecule has 2 rings (SSSR count). The molecule has 0 saturated heterocycles. The molecule has 0 fully saturated rings. The molecule has 4 nitrogen and oxygen atoms in total. The third-order valence-electron chi connectivity index (χ3n) is 2.22. The molecule has 4 heteroatoms. The minimum absolute atomic E-state index is 0.489. The molecule has 1 aromatic heterocycles. The number of nitrogens with zero attached hydrogens (tertiary/aromatic N) is 1. The first-order valence-corrected chi connectivity index (χ1v) is 4.17. The van der Waals surface area contributed by atoms with Crippen molar-refractivity contribution in [2.75, 3.05) is 0 Å². The first-order valence-electron chi connectivity index (χ1n) is 4.17. The summed E-state index contributed by atoms with van der Waals surface area (Å²) in [7, 11) is 0. The number of nitrogens with one attached hydrogen (secondary N) is 2. The van der Waals surface area contributed by atoms with E-state index in [9.17, 15) is 4.91 Å². The van der Waals surface area contributed by atoms with Gasteiger partial charge in [0.05, 0.1) is 11.1 Å². The first-order chi connectivity index (χ1) is 6.76. The average Bonchev–Trinajstić information content (AvgIpc) is 2.51. The minimum atomic E-state index is 0.489. The van der Waals surface area contributed by atoms with E-state index in [1.807, 2.05) is 12.1 Å². The summed E-state index contributed by atoms with van der Waals surface area (Å²) < 4.78 is 0. The Morgan fingerprint density at radius 3 is 2.93 bits per heavy atom. The number of H-pyrrole nitrogens is 1. The number of fused-ring (bicyclic) bond motifs is 1. The monoisotopic (exact) mass is 186 g/mol. The van der Waals surface area contributed by atoms with E-state index in [0.717, 1.165) is 16.6 Å². The van der Waals surface area contributed by atoms with Gasteiger partial charge in [-0.1, -0.05) is 0 Å². The molecule has 2 N–H and O–H groups in total. The number of benzene rings is 1. The van der Waals surface area contributed by atoms with Crippen LogP contribution >= 0.6 is 0 Å². The van der Waals surface area contributed by atoms with Gasteiger partial charge in [0.1, 0.15) is 6.07 Å². The van der Waals surface area contributed by atoms with E-state index in [2.05, 4.69) is 11.1 Å². The SMILES string of the molecule is Cc1[nH]c2cc([NH+]=O)ccc2c1C#N. The Labute approximate surface area is 80.1 Å². The van der Waals surface area contributed by atoms with Crippen molar-refractivity contribution in [3.05, 3.63) is 34.4 Å². The van der Waals surface area contributed by atoms with Crippen LogP contribution in [0.4, 0.5) is 5.69 Å². The topological polar surface area (TPSA) is 70.6 Å². The van der Waals surface area contributed by atoms with E-state index >= 15 is 0 Å². The number of rotatable bonds is 1. The summed E-state index contributed by atoms with van der Waals surface area (Å²) in [6.07, 6.45) is 0. The van der Waals surface area contributed by atoms with Gasteiger partial charge in [-0.05, 0) is 13.0 Å². The van der Waals surface area contributed by atoms with Gasteiger partial charge in [0.25, 0.3) is 5.69 Å². The van der Waals surface area contributed by atoms with E-state index < -0.39 is 0 Å². The molecule has 2 aromatic rings. The smallest absolute Gasteiger partial charge is 0.255 e. The van der Waals surface area contributed by atoms with Gasteiger partial charge in [0.15, 0.2) is 0 Å². The third-order valence-corrected chi connectivity index (χ3v) is 2.22. The zero-order chi connectivity index (χ0) is 10.1. The molecule has 68 valence electrons. The Kier molecular flexibility index (Phi) is 1.79. The van der Waals surface area contributed by atoms with Crippen molar-refractivity contribution in [2.24, 2.45) is 0 Å². The number of aromatic nitrogens is 1. The zero-order valence-corrected chi connectivity index (χ0v) is 7.59. The van der Waals surface area contributed by atoms with Crippen molar-refractivity contribution in [2.45, 2.75) is 6.92 Å². The van der Waals surface area contributed by atoms with Crippen LogP contribution in [0.3, 0.4) is 0 Å². The summed E-state index contributed by atoms with van der Waals surface area (Å²) in [4.78, 5) is 13.5. The second-order valence-electron chi connectivity index (χ2n) is 3.10. The van der Waals surface area contributed by atoms with Gasteiger partial charge in [-0.25, -0.2) is 0 Å². The molecular weight excluding hydrogens is 178 g/mol. The van der Waals surface area contributed by atoms with Gasteiger partial charge >= 0.3 is 0 Å². The van der Waals surface area contributed by atoms with Gasteiger partial charge in [0, 0.05) is 33.3 Å². The zero-order valence-electron chi connectivity index (χ0n) is 7.59. The second-order valence-corrected chi connectivity index (χ2v) is 3.10. The lowest BCUT2D eigenvalue weighted by molar-refractivity contribution is -0.379. The van der Waals surface area contributed by atoms with Crippen molar-refractivity contribution in [3.63, 3.8) is 0 Å². The molecule has 0 aliphatic rings. The maximum absolute atomic E-state index is 10.4. The summed E-state index contributed by atoms with van der Waals surface area (Å²) in [5, 5.41) is 11.5. The van der Waals surface area contributed by atoms with Crippen molar-refractivity contribution in [3.8, 4) is 6.07 Å².